The molecule has 0 aliphatic carbocycles. The first kappa shape index (κ1) is 10.9. The highest BCUT2D eigenvalue weighted by molar-refractivity contribution is 9.10. The Kier molecular flexibility index (Phi) is 3.29. The molecule has 1 aromatic carbocycles. The number of carbonyl (C=O) groups is 1. The number of anilines is 1. The van der Waals surface area contributed by atoms with Crippen molar-refractivity contribution in [2.45, 2.75) is 0 Å². The van der Waals surface area contributed by atoms with E-state index in [0.29, 0.717) is 5.02 Å². The Bertz CT molecular complexity index is 393. The van der Waals surface area contributed by atoms with Gasteiger partial charge in [-0.3, -0.25) is 4.79 Å². The summed E-state index contributed by atoms with van der Waals surface area (Å²) in [5.74, 6) is 0.118. The highest BCUT2D eigenvalue weighted by Crippen LogP contribution is 2.26. The van der Waals surface area contributed by atoms with Crippen LogP contribution in [0, 0.1) is 5.92 Å². The molecular weight excluding hydrogens is 279 g/mol. The van der Waals surface area contributed by atoms with Crippen molar-refractivity contribution >= 4 is 39.1 Å². The van der Waals surface area contributed by atoms with Gasteiger partial charge in [-0.1, -0.05) is 11.6 Å². The van der Waals surface area contributed by atoms with Gasteiger partial charge in [0.1, 0.15) is 0 Å². The lowest BCUT2D eigenvalue weighted by Gasteiger charge is -2.26. The molecule has 0 unspecified atom stereocenters. The van der Waals surface area contributed by atoms with Gasteiger partial charge in [-0.2, -0.15) is 0 Å². The molecule has 1 aliphatic heterocycles. The van der Waals surface area contributed by atoms with Gasteiger partial charge in [-0.15, -0.1) is 0 Å². The Balaban J connectivity index is 2.09. The van der Waals surface area contributed by atoms with E-state index >= 15 is 0 Å². The van der Waals surface area contributed by atoms with Crippen LogP contribution in [0.25, 0.3) is 0 Å². The van der Waals surface area contributed by atoms with Crippen LogP contribution >= 0.6 is 27.5 Å². The van der Waals surface area contributed by atoms with Crippen LogP contribution in [0.2, 0.25) is 5.02 Å². The number of carbonyl (C=O) groups excluding carboxylic acids is 1. The van der Waals surface area contributed by atoms with E-state index < -0.39 is 0 Å². The molecule has 0 saturated carbocycles. The molecule has 0 atom stereocenters. The van der Waals surface area contributed by atoms with Gasteiger partial charge in [0, 0.05) is 22.6 Å². The maximum atomic E-state index is 11.6. The van der Waals surface area contributed by atoms with Crippen molar-refractivity contribution in [1.29, 1.82) is 0 Å². The molecule has 1 aliphatic rings. The predicted octanol–water partition coefficient (Wildman–Crippen LogP) is 2.26. The summed E-state index contributed by atoms with van der Waals surface area (Å²) in [4.78, 5) is 11.6. The third-order valence-electron chi connectivity index (χ3n) is 2.34. The highest BCUT2D eigenvalue weighted by atomic mass is 79.9. The number of amides is 1. The Morgan fingerprint density at radius 3 is 2.87 bits per heavy atom. The Morgan fingerprint density at radius 2 is 2.27 bits per heavy atom. The van der Waals surface area contributed by atoms with Crippen LogP contribution in [0.4, 0.5) is 5.69 Å². The molecule has 2 N–H and O–H groups in total. The average Bonchev–Trinajstić information content (AvgIpc) is 2.08. The second-order valence-corrected chi connectivity index (χ2v) is 4.76. The van der Waals surface area contributed by atoms with Gasteiger partial charge in [-0.05, 0) is 34.1 Å². The van der Waals surface area contributed by atoms with E-state index in [4.69, 9.17) is 11.6 Å². The van der Waals surface area contributed by atoms with Gasteiger partial charge < -0.3 is 10.6 Å². The molecule has 0 aromatic heterocycles. The predicted molar refractivity (Wildman–Crippen MR) is 64.1 cm³/mol. The molecule has 15 heavy (non-hydrogen) atoms. The van der Waals surface area contributed by atoms with Crippen molar-refractivity contribution in [2.75, 3.05) is 18.4 Å². The lowest BCUT2D eigenvalue weighted by molar-refractivity contribution is -0.121. The Hall–Kier alpha value is -0.580. The summed E-state index contributed by atoms with van der Waals surface area (Å²) in [5, 5.41) is 6.51. The van der Waals surface area contributed by atoms with Gasteiger partial charge >= 0.3 is 0 Å². The van der Waals surface area contributed by atoms with Crippen LogP contribution in [-0.4, -0.2) is 19.0 Å². The van der Waals surface area contributed by atoms with Crippen molar-refractivity contribution in [2.24, 2.45) is 5.92 Å². The molecule has 1 heterocycles. The molecule has 5 heteroatoms. The number of halogens is 2. The first-order valence-corrected chi connectivity index (χ1v) is 5.80. The Morgan fingerprint density at radius 1 is 1.53 bits per heavy atom. The topological polar surface area (TPSA) is 41.1 Å². The van der Waals surface area contributed by atoms with Gasteiger partial charge in [0.15, 0.2) is 0 Å². The van der Waals surface area contributed by atoms with E-state index in [0.717, 1.165) is 23.2 Å². The summed E-state index contributed by atoms with van der Waals surface area (Å²) in [7, 11) is 0. The Labute approximate surface area is 101 Å². The van der Waals surface area contributed by atoms with Gasteiger partial charge in [0.25, 0.3) is 0 Å². The van der Waals surface area contributed by atoms with Crippen LogP contribution < -0.4 is 10.6 Å². The summed E-state index contributed by atoms with van der Waals surface area (Å²) in [6.45, 7) is 1.51. The van der Waals surface area contributed by atoms with Crippen molar-refractivity contribution in [3.05, 3.63) is 27.7 Å². The summed E-state index contributed by atoms with van der Waals surface area (Å²) >= 11 is 9.20. The number of hydrogen-bond donors (Lipinski definition) is 2. The van der Waals surface area contributed by atoms with Crippen molar-refractivity contribution in [3.63, 3.8) is 0 Å². The normalized spacial score (nSPS) is 15.9. The van der Waals surface area contributed by atoms with Crippen molar-refractivity contribution in [1.82, 2.24) is 5.32 Å². The summed E-state index contributed by atoms with van der Waals surface area (Å²) in [5.41, 5.74) is 0.722. The van der Waals surface area contributed by atoms with Gasteiger partial charge in [0.05, 0.1) is 11.6 Å². The first-order chi connectivity index (χ1) is 7.16. The quantitative estimate of drug-likeness (QED) is 0.877. The summed E-state index contributed by atoms with van der Waals surface area (Å²) in [6, 6.07) is 5.32. The third kappa shape index (κ3) is 2.51. The van der Waals surface area contributed by atoms with Crippen LogP contribution in [0.5, 0.6) is 0 Å². The smallest absolute Gasteiger partial charge is 0.230 e. The number of nitrogens with one attached hydrogen (secondary N) is 2. The van der Waals surface area contributed by atoms with Crippen LogP contribution in [0.15, 0.2) is 22.7 Å². The van der Waals surface area contributed by atoms with Crippen LogP contribution in [0.1, 0.15) is 0 Å². The number of benzene rings is 1. The zero-order valence-electron chi connectivity index (χ0n) is 7.89. The van der Waals surface area contributed by atoms with E-state index in [-0.39, 0.29) is 11.8 Å². The summed E-state index contributed by atoms with van der Waals surface area (Å²) in [6.07, 6.45) is 0. The molecule has 3 nitrogen and oxygen atoms in total. The van der Waals surface area contributed by atoms with E-state index in [9.17, 15) is 4.79 Å². The fourth-order valence-electron chi connectivity index (χ4n) is 1.30. The fourth-order valence-corrected chi connectivity index (χ4v) is 1.82. The minimum Gasteiger partial charge on any atom is -0.325 e. The maximum absolute atomic E-state index is 11.6. The largest absolute Gasteiger partial charge is 0.325 e. The third-order valence-corrected chi connectivity index (χ3v) is 3.27. The molecule has 2 rings (SSSR count). The van der Waals surface area contributed by atoms with Crippen molar-refractivity contribution in [3.8, 4) is 0 Å². The zero-order chi connectivity index (χ0) is 10.8. The van der Waals surface area contributed by atoms with E-state index in [2.05, 4.69) is 26.6 Å². The molecule has 1 fully saturated rings. The lowest BCUT2D eigenvalue weighted by atomic mass is 10.0. The van der Waals surface area contributed by atoms with Gasteiger partial charge in [-0.25, -0.2) is 0 Å². The zero-order valence-corrected chi connectivity index (χ0v) is 10.2. The molecule has 0 spiro atoms. The maximum Gasteiger partial charge on any atom is 0.230 e. The van der Waals surface area contributed by atoms with Crippen LogP contribution in [0.3, 0.4) is 0 Å². The minimum absolute atomic E-state index is 0.0386. The SMILES string of the molecule is O=C(Nc1cc(Cl)ccc1Br)C1CNC1. The molecular formula is C10H10BrClN2O. The average molecular weight is 290 g/mol. The molecule has 80 valence electrons. The standard InChI is InChI=1S/C10H10BrClN2O/c11-8-2-1-7(12)3-9(8)14-10(15)6-4-13-5-6/h1-3,6,13H,4-5H2,(H,14,15). The fraction of sp³-hybridized carbons (Fsp3) is 0.300. The van der Waals surface area contributed by atoms with E-state index in [1.54, 1.807) is 12.1 Å². The molecule has 0 radical (unpaired) electrons. The molecule has 1 amide bonds. The van der Waals surface area contributed by atoms with E-state index in [1.165, 1.54) is 0 Å². The molecule has 1 saturated heterocycles. The van der Waals surface area contributed by atoms with Crippen LogP contribution in [-0.2, 0) is 4.79 Å². The molecule has 0 bridgehead atoms. The number of rotatable bonds is 2. The van der Waals surface area contributed by atoms with Crippen molar-refractivity contribution < 1.29 is 4.79 Å². The molecule has 1 aromatic rings. The van der Waals surface area contributed by atoms with E-state index in [1.807, 2.05) is 6.07 Å². The lowest BCUT2D eigenvalue weighted by Crippen LogP contribution is -2.48. The highest BCUT2D eigenvalue weighted by Gasteiger charge is 2.25. The first-order valence-electron chi connectivity index (χ1n) is 4.63. The summed E-state index contributed by atoms with van der Waals surface area (Å²) < 4.78 is 0.840. The number of hydrogen-bond acceptors (Lipinski definition) is 2. The second-order valence-electron chi connectivity index (χ2n) is 3.47. The minimum atomic E-state index is 0.0386. The second kappa shape index (κ2) is 4.51. The monoisotopic (exact) mass is 288 g/mol. The van der Waals surface area contributed by atoms with Gasteiger partial charge in [0.2, 0.25) is 5.91 Å².